The highest BCUT2D eigenvalue weighted by Gasteiger charge is 2.04. The third-order valence-corrected chi connectivity index (χ3v) is 2.05. The summed E-state index contributed by atoms with van der Waals surface area (Å²) in [6.45, 7) is 4.06. The molecule has 0 unspecified atom stereocenters. The van der Waals surface area contributed by atoms with Gasteiger partial charge in [0.05, 0.1) is 0 Å². The number of hydrogen-bond donors (Lipinski definition) is 3. The number of nitrogens with one attached hydrogen (secondary N) is 1. The van der Waals surface area contributed by atoms with Gasteiger partial charge in [-0.2, -0.15) is 0 Å². The summed E-state index contributed by atoms with van der Waals surface area (Å²) < 4.78 is 0. The summed E-state index contributed by atoms with van der Waals surface area (Å²) in [6, 6.07) is 3.71. The largest absolute Gasteiger partial charge is 0.507 e. The van der Waals surface area contributed by atoms with Gasteiger partial charge in [-0.05, 0) is 25.0 Å². The monoisotopic (exact) mass is 167 g/mol. The van der Waals surface area contributed by atoms with Crippen molar-refractivity contribution in [2.45, 2.75) is 20.4 Å². The lowest BCUT2D eigenvalue weighted by Gasteiger charge is -2.08. The summed E-state index contributed by atoms with van der Waals surface area (Å²) in [7, 11) is 0. The van der Waals surface area contributed by atoms with Crippen LogP contribution in [-0.4, -0.2) is 10.3 Å². The minimum Gasteiger partial charge on any atom is -0.507 e. The molecule has 12 heavy (non-hydrogen) atoms. The predicted octanol–water partition coefficient (Wildman–Crippen LogP) is 1.49. The van der Waals surface area contributed by atoms with Gasteiger partial charge >= 0.3 is 0 Å². The van der Waals surface area contributed by atoms with Crippen LogP contribution in [0.3, 0.4) is 0 Å². The zero-order chi connectivity index (χ0) is 9.14. The Kier molecular flexibility index (Phi) is 2.68. The summed E-state index contributed by atoms with van der Waals surface area (Å²) >= 11 is 0. The van der Waals surface area contributed by atoms with Crippen LogP contribution in [0.15, 0.2) is 12.1 Å². The molecule has 0 radical (unpaired) electrons. The minimum atomic E-state index is 0.261. The lowest BCUT2D eigenvalue weighted by molar-refractivity contribution is 0.160. The summed E-state index contributed by atoms with van der Waals surface area (Å²) in [5, 5.41) is 18.0. The van der Waals surface area contributed by atoms with Gasteiger partial charge in [0.15, 0.2) is 0 Å². The number of hydroxylamine groups is 1. The fourth-order valence-electron chi connectivity index (χ4n) is 1.08. The van der Waals surface area contributed by atoms with E-state index in [2.05, 4.69) is 0 Å². The fraction of sp³-hybridized carbons (Fsp3) is 0.333. The number of phenols is 1. The average molecular weight is 167 g/mol. The van der Waals surface area contributed by atoms with Crippen LogP contribution < -0.4 is 5.48 Å². The molecule has 0 atom stereocenters. The lowest BCUT2D eigenvalue weighted by Crippen LogP contribution is -2.06. The molecule has 66 valence electrons. The molecule has 0 aliphatic carbocycles. The molecule has 0 aromatic heterocycles. The number of aromatic hydroxyl groups is 1. The second-order valence-corrected chi connectivity index (χ2v) is 2.85. The second kappa shape index (κ2) is 3.56. The van der Waals surface area contributed by atoms with Crippen molar-refractivity contribution in [2.24, 2.45) is 0 Å². The second-order valence-electron chi connectivity index (χ2n) is 2.85. The minimum absolute atomic E-state index is 0.261. The molecule has 0 bridgehead atoms. The van der Waals surface area contributed by atoms with E-state index < -0.39 is 0 Å². The maximum Gasteiger partial charge on any atom is 0.123 e. The van der Waals surface area contributed by atoms with E-state index in [1.807, 2.05) is 25.4 Å². The first-order valence-electron chi connectivity index (χ1n) is 3.82. The van der Waals surface area contributed by atoms with Crippen LogP contribution in [0.1, 0.15) is 16.7 Å². The fourth-order valence-corrected chi connectivity index (χ4v) is 1.08. The molecule has 0 amide bonds. The van der Waals surface area contributed by atoms with E-state index in [0.29, 0.717) is 5.56 Å². The normalized spacial score (nSPS) is 10.2. The topological polar surface area (TPSA) is 52.5 Å². The molecule has 3 N–H and O–H groups in total. The quantitative estimate of drug-likeness (QED) is 0.585. The molecule has 0 spiro atoms. The third kappa shape index (κ3) is 1.57. The zero-order valence-corrected chi connectivity index (χ0v) is 7.26. The molecular weight excluding hydrogens is 154 g/mol. The molecule has 0 heterocycles. The van der Waals surface area contributed by atoms with E-state index in [9.17, 15) is 5.11 Å². The Bertz CT molecular complexity index is 284. The Balaban J connectivity index is 3.08. The SMILES string of the molecule is Cc1ccc(CNO)c(O)c1C. The molecule has 1 aromatic carbocycles. The molecule has 0 aliphatic rings. The van der Waals surface area contributed by atoms with Gasteiger partial charge in [-0.1, -0.05) is 12.1 Å². The zero-order valence-electron chi connectivity index (χ0n) is 7.26. The number of hydrogen-bond acceptors (Lipinski definition) is 3. The van der Waals surface area contributed by atoms with Crippen molar-refractivity contribution in [2.75, 3.05) is 0 Å². The van der Waals surface area contributed by atoms with Crippen LogP contribution in [-0.2, 0) is 6.54 Å². The summed E-state index contributed by atoms with van der Waals surface area (Å²) in [5.74, 6) is 0.261. The maximum absolute atomic E-state index is 9.56. The number of aryl methyl sites for hydroxylation is 1. The van der Waals surface area contributed by atoms with Crippen molar-refractivity contribution >= 4 is 0 Å². The van der Waals surface area contributed by atoms with Crippen LogP contribution in [0.25, 0.3) is 0 Å². The summed E-state index contributed by atoms with van der Waals surface area (Å²) in [4.78, 5) is 0. The van der Waals surface area contributed by atoms with Crippen molar-refractivity contribution in [3.63, 3.8) is 0 Å². The van der Waals surface area contributed by atoms with Crippen LogP contribution in [0.2, 0.25) is 0 Å². The van der Waals surface area contributed by atoms with E-state index in [1.54, 1.807) is 6.07 Å². The van der Waals surface area contributed by atoms with E-state index in [-0.39, 0.29) is 12.3 Å². The van der Waals surface area contributed by atoms with Crippen molar-refractivity contribution in [1.82, 2.24) is 5.48 Å². The van der Waals surface area contributed by atoms with Gasteiger partial charge in [-0.25, -0.2) is 5.48 Å². The van der Waals surface area contributed by atoms with E-state index >= 15 is 0 Å². The molecule has 3 nitrogen and oxygen atoms in total. The van der Waals surface area contributed by atoms with Crippen molar-refractivity contribution in [1.29, 1.82) is 0 Å². The lowest BCUT2D eigenvalue weighted by atomic mass is 10.0. The highest BCUT2D eigenvalue weighted by Crippen LogP contribution is 2.24. The first-order chi connectivity index (χ1) is 5.66. The highest BCUT2D eigenvalue weighted by molar-refractivity contribution is 5.43. The van der Waals surface area contributed by atoms with Gasteiger partial charge in [-0.15, -0.1) is 0 Å². The standard InChI is InChI=1S/C9H13NO2/c1-6-3-4-8(5-10-12)9(11)7(6)2/h3-4,10-12H,5H2,1-2H3. The van der Waals surface area contributed by atoms with Gasteiger partial charge in [0, 0.05) is 12.1 Å². The third-order valence-electron chi connectivity index (χ3n) is 2.05. The van der Waals surface area contributed by atoms with Crippen LogP contribution >= 0.6 is 0 Å². The Morgan fingerprint density at radius 3 is 2.58 bits per heavy atom. The predicted molar refractivity (Wildman–Crippen MR) is 46.2 cm³/mol. The van der Waals surface area contributed by atoms with Crippen LogP contribution in [0.4, 0.5) is 0 Å². The highest BCUT2D eigenvalue weighted by atomic mass is 16.5. The first-order valence-corrected chi connectivity index (χ1v) is 3.82. The van der Waals surface area contributed by atoms with Crippen molar-refractivity contribution < 1.29 is 10.3 Å². The smallest absolute Gasteiger partial charge is 0.123 e. The molecule has 1 rings (SSSR count). The van der Waals surface area contributed by atoms with Gasteiger partial charge in [0.25, 0.3) is 0 Å². The number of rotatable bonds is 2. The number of phenolic OH excluding ortho intramolecular Hbond substituents is 1. The molecule has 0 aliphatic heterocycles. The van der Waals surface area contributed by atoms with Crippen LogP contribution in [0.5, 0.6) is 5.75 Å². The molecule has 3 heteroatoms. The van der Waals surface area contributed by atoms with Crippen molar-refractivity contribution in [3.05, 3.63) is 28.8 Å². The van der Waals surface area contributed by atoms with Gasteiger partial charge in [0.1, 0.15) is 5.75 Å². The Morgan fingerprint density at radius 1 is 1.33 bits per heavy atom. The van der Waals surface area contributed by atoms with E-state index in [4.69, 9.17) is 5.21 Å². The van der Waals surface area contributed by atoms with E-state index in [0.717, 1.165) is 11.1 Å². The molecule has 0 fully saturated rings. The summed E-state index contributed by atoms with van der Waals surface area (Å²) in [6.07, 6.45) is 0. The van der Waals surface area contributed by atoms with Crippen molar-refractivity contribution in [3.8, 4) is 5.75 Å². The maximum atomic E-state index is 9.56. The van der Waals surface area contributed by atoms with Gasteiger partial charge in [-0.3, -0.25) is 0 Å². The molecular formula is C9H13NO2. The number of benzene rings is 1. The Morgan fingerprint density at radius 2 is 2.00 bits per heavy atom. The van der Waals surface area contributed by atoms with Crippen LogP contribution in [0, 0.1) is 13.8 Å². The Labute approximate surface area is 71.6 Å². The van der Waals surface area contributed by atoms with E-state index in [1.165, 1.54) is 0 Å². The summed E-state index contributed by atoms with van der Waals surface area (Å²) in [5.41, 5.74) is 4.63. The first kappa shape index (κ1) is 9.03. The molecule has 1 aromatic rings. The van der Waals surface area contributed by atoms with Gasteiger partial charge < -0.3 is 10.3 Å². The average Bonchev–Trinajstić information content (AvgIpc) is 2.07. The molecule has 0 saturated carbocycles. The Hall–Kier alpha value is -1.06. The van der Waals surface area contributed by atoms with Gasteiger partial charge in [0.2, 0.25) is 0 Å². The molecule has 0 saturated heterocycles.